The van der Waals surface area contributed by atoms with Gasteiger partial charge in [0, 0.05) is 31.7 Å². The van der Waals surface area contributed by atoms with Crippen molar-refractivity contribution in [2.75, 3.05) is 53.1 Å². The molecule has 2 aromatic carbocycles. The van der Waals surface area contributed by atoms with Crippen LogP contribution in [0.4, 0.5) is 0 Å². The summed E-state index contributed by atoms with van der Waals surface area (Å²) in [5.41, 5.74) is 1.09. The number of hydrogen-bond donors (Lipinski definition) is 1. The molecule has 0 saturated carbocycles. The molecule has 2 fully saturated rings. The molecule has 2 aromatic rings. The van der Waals surface area contributed by atoms with E-state index in [9.17, 15) is 14.7 Å². The SMILES string of the molecule is CCOc1ccc([C@@H]2/C(=C(\O)c3ccc(OC)c(Cl)c3)C(=O)C(=O)N2CCCN2CCOCC2)cc1. The number of carbonyl (C=O) groups is 2. The van der Waals surface area contributed by atoms with Crippen LogP contribution in [0, 0.1) is 0 Å². The predicted molar refractivity (Wildman–Crippen MR) is 137 cm³/mol. The number of likely N-dealkylation sites (tertiary alicyclic amines) is 1. The van der Waals surface area contributed by atoms with Gasteiger partial charge in [0.1, 0.15) is 17.3 Å². The van der Waals surface area contributed by atoms with E-state index >= 15 is 0 Å². The molecule has 0 bridgehead atoms. The molecule has 36 heavy (non-hydrogen) atoms. The number of halogens is 1. The number of Topliss-reactive ketones (excluding diaryl/α,β-unsaturated/α-hetero) is 1. The first-order valence-corrected chi connectivity index (χ1v) is 12.5. The number of nitrogens with zero attached hydrogens (tertiary/aromatic N) is 2. The fraction of sp³-hybridized carbons (Fsp3) is 0.407. The number of aliphatic hydroxyl groups excluding tert-OH is 1. The largest absolute Gasteiger partial charge is 0.507 e. The summed E-state index contributed by atoms with van der Waals surface area (Å²) in [6.07, 6.45) is 0.689. The number of methoxy groups -OCH3 is 1. The molecule has 1 N–H and O–H groups in total. The zero-order valence-corrected chi connectivity index (χ0v) is 21.3. The normalized spacial score (nSPS) is 20.1. The van der Waals surface area contributed by atoms with Gasteiger partial charge in [-0.25, -0.2) is 0 Å². The highest BCUT2D eigenvalue weighted by atomic mass is 35.5. The van der Waals surface area contributed by atoms with Gasteiger partial charge in [-0.1, -0.05) is 23.7 Å². The van der Waals surface area contributed by atoms with E-state index in [0.29, 0.717) is 60.4 Å². The van der Waals surface area contributed by atoms with E-state index in [1.54, 1.807) is 29.2 Å². The zero-order chi connectivity index (χ0) is 25.7. The van der Waals surface area contributed by atoms with Gasteiger partial charge in [-0.2, -0.15) is 0 Å². The number of amides is 1. The molecule has 2 heterocycles. The summed E-state index contributed by atoms with van der Waals surface area (Å²) in [7, 11) is 1.50. The lowest BCUT2D eigenvalue weighted by atomic mass is 9.95. The molecule has 0 radical (unpaired) electrons. The molecule has 9 heteroatoms. The van der Waals surface area contributed by atoms with Crippen LogP contribution in [0.2, 0.25) is 5.02 Å². The number of rotatable bonds is 9. The first-order valence-electron chi connectivity index (χ1n) is 12.1. The fourth-order valence-electron chi connectivity index (χ4n) is 4.63. The van der Waals surface area contributed by atoms with Crippen molar-refractivity contribution < 1.29 is 28.9 Å². The fourth-order valence-corrected chi connectivity index (χ4v) is 4.89. The van der Waals surface area contributed by atoms with E-state index in [1.165, 1.54) is 13.2 Å². The number of benzene rings is 2. The van der Waals surface area contributed by atoms with E-state index < -0.39 is 17.7 Å². The third-order valence-electron chi connectivity index (χ3n) is 6.45. The van der Waals surface area contributed by atoms with E-state index in [2.05, 4.69) is 4.90 Å². The number of morpholine rings is 1. The Morgan fingerprint density at radius 1 is 1.11 bits per heavy atom. The summed E-state index contributed by atoms with van der Waals surface area (Å²) in [6, 6.07) is 11.3. The van der Waals surface area contributed by atoms with Crippen molar-refractivity contribution >= 4 is 29.1 Å². The molecule has 0 spiro atoms. The second-order valence-electron chi connectivity index (χ2n) is 8.65. The molecule has 1 atom stereocenters. The van der Waals surface area contributed by atoms with Crippen molar-refractivity contribution in [2.45, 2.75) is 19.4 Å². The quantitative estimate of drug-likeness (QED) is 0.308. The third kappa shape index (κ3) is 5.51. The smallest absolute Gasteiger partial charge is 0.295 e. The Kier molecular flexibility index (Phi) is 8.51. The molecule has 192 valence electrons. The second-order valence-corrected chi connectivity index (χ2v) is 9.06. The lowest BCUT2D eigenvalue weighted by Crippen LogP contribution is -2.38. The summed E-state index contributed by atoms with van der Waals surface area (Å²) < 4.78 is 16.2. The molecular weight excluding hydrogens is 484 g/mol. The Hall–Kier alpha value is -3.07. The lowest BCUT2D eigenvalue weighted by Gasteiger charge is -2.29. The minimum Gasteiger partial charge on any atom is -0.507 e. The number of ether oxygens (including phenoxy) is 3. The predicted octanol–water partition coefficient (Wildman–Crippen LogP) is 3.89. The van der Waals surface area contributed by atoms with Crippen LogP contribution in [0.5, 0.6) is 11.5 Å². The number of hydrogen-bond acceptors (Lipinski definition) is 7. The van der Waals surface area contributed by atoms with E-state index in [-0.39, 0.29) is 11.3 Å². The average molecular weight is 515 g/mol. The van der Waals surface area contributed by atoms with Crippen LogP contribution in [-0.4, -0.2) is 79.7 Å². The maximum Gasteiger partial charge on any atom is 0.295 e. The maximum absolute atomic E-state index is 13.2. The van der Waals surface area contributed by atoms with Gasteiger partial charge in [-0.05, 0) is 49.2 Å². The summed E-state index contributed by atoms with van der Waals surface area (Å²) in [4.78, 5) is 30.3. The molecule has 1 amide bonds. The summed E-state index contributed by atoms with van der Waals surface area (Å²) in [5.74, 6) is -0.485. The van der Waals surface area contributed by atoms with Crippen molar-refractivity contribution in [3.8, 4) is 11.5 Å². The summed E-state index contributed by atoms with van der Waals surface area (Å²) in [6.45, 7) is 6.67. The minimum absolute atomic E-state index is 0.0387. The van der Waals surface area contributed by atoms with Gasteiger partial charge in [0.05, 0.1) is 43.6 Å². The minimum atomic E-state index is -0.730. The van der Waals surface area contributed by atoms with Crippen molar-refractivity contribution in [3.05, 3.63) is 64.2 Å². The Balaban J connectivity index is 1.68. The molecule has 4 rings (SSSR count). The van der Waals surface area contributed by atoms with Gasteiger partial charge in [0.2, 0.25) is 0 Å². The van der Waals surface area contributed by atoms with Gasteiger partial charge in [0.25, 0.3) is 11.7 Å². The van der Waals surface area contributed by atoms with Gasteiger partial charge in [-0.3, -0.25) is 14.5 Å². The van der Waals surface area contributed by atoms with Gasteiger partial charge in [-0.15, -0.1) is 0 Å². The van der Waals surface area contributed by atoms with Gasteiger partial charge < -0.3 is 24.2 Å². The molecule has 0 unspecified atom stereocenters. The summed E-state index contributed by atoms with van der Waals surface area (Å²) >= 11 is 6.27. The Morgan fingerprint density at radius 2 is 1.83 bits per heavy atom. The second kappa shape index (κ2) is 11.8. The first-order chi connectivity index (χ1) is 17.4. The van der Waals surface area contributed by atoms with Crippen molar-refractivity contribution in [1.82, 2.24) is 9.80 Å². The van der Waals surface area contributed by atoms with Crippen molar-refractivity contribution in [1.29, 1.82) is 0 Å². The van der Waals surface area contributed by atoms with Crippen LogP contribution in [0.3, 0.4) is 0 Å². The average Bonchev–Trinajstić information content (AvgIpc) is 3.14. The monoisotopic (exact) mass is 514 g/mol. The van der Waals surface area contributed by atoms with Crippen molar-refractivity contribution in [3.63, 3.8) is 0 Å². The molecule has 0 aliphatic carbocycles. The van der Waals surface area contributed by atoms with Crippen LogP contribution in [-0.2, 0) is 14.3 Å². The maximum atomic E-state index is 13.2. The van der Waals surface area contributed by atoms with Crippen LogP contribution < -0.4 is 9.47 Å². The molecular formula is C27H31ClN2O6. The van der Waals surface area contributed by atoms with E-state index in [4.69, 9.17) is 25.8 Å². The van der Waals surface area contributed by atoms with E-state index in [0.717, 1.165) is 19.6 Å². The highest BCUT2D eigenvalue weighted by Gasteiger charge is 2.45. The molecule has 2 aliphatic rings. The third-order valence-corrected chi connectivity index (χ3v) is 6.74. The van der Waals surface area contributed by atoms with Crippen LogP contribution in [0.15, 0.2) is 48.0 Å². The van der Waals surface area contributed by atoms with E-state index in [1.807, 2.05) is 19.1 Å². The highest BCUT2D eigenvalue weighted by molar-refractivity contribution is 6.46. The first kappa shape index (κ1) is 26.0. The number of ketones is 1. The van der Waals surface area contributed by atoms with Gasteiger partial charge >= 0.3 is 0 Å². The number of carbonyl (C=O) groups excluding carboxylic acids is 2. The molecule has 8 nitrogen and oxygen atoms in total. The van der Waals surface area contributed by atoms with Crippen LogP contribution in [0.25, 0.3) is 5.76 Å². The lowest BCUT2D eigenvalue weighted by molar-refractivity contribution is -0.140. The van der Waals surface area contributed by atoms with Crippen molar-refractivity contribution in [2.24, 2.45) is 0 Å². The van der Waals surface area contributed by atoms with Gasteiger partial charge in [0.15, 0.2) is 0 Å². The Labute approximate surface area is 216 Å². The molecule has 2 saturated heterocycles. The van der Waals surface area contributed by atoms with Crippen LogP contribution >= 0.6 is 11.6 Å². The zero-order valence-electron chi connectivity index (χ0n) is 20.5. The standard InChI is InChI=1S/C27H31ClN2O6/c1-3-36-20-8-5-18(6-9-20)24-23(25(31)19-7-10-22(34-2)21(28)17-19)26(32)27(33)30(24)12-4-11-29-13-15-35-16-14-29/h5-10,17,24,31H,3-4,11-16H2,1-2H3/b25-23+/t24-/m1/s1. The summed E-state index contributed by atoms with van der Waals surface area (Å²) in [5, 5.41) is 11.5. The topological polar surface area (TPSA) is 88.5 Å². The van der Waals surface area contributed by atoms with Crippen LogP contribution in [0.1, 0.15) is 30.5 Å². The molecule has 0 aromatic heterocycles. The Morgan fingerprint density at radius 3 is 2.47 bits per heavy atom. The number of aliphatic hydroxyl groups is 1. The Bertz CT molecular complexity index is 1130. The molecule has 2 aliphatic heterocycles. The highest BCUT2D eigenvalue weighted by Crippen LogP contribution is 2.40.